The van der Waals surface area contributed by atoms with Gasteiger partial charge in [-0.15, -0.1) is 0 Å². The molecule has 0 spiro atoms. The summed E-state index contributed by atoms with van der Waals surface area (Å²) in [7, 11) is 1.56. The molecular weight excluding hydrogens is 246 g/mol. The molecule has 0 aliphatic rings. The SMILES string of the molecule is Cc1ccc(Br)cc1CN(C)C(=O)O. The third-order valence-corrected chi connectivity index (χ3v) is 2.54. The minimum absolute atomic E-state index is 0.417. The number of amides is 1. The Kier molecular flexibility index (Phi) is 3.52. The number of carbonyl (C=O) groups is 1. The number of nitrogens with zero attached hydrogens (tertiary/aromatic N) is 1. The van der Waals surface area contributed by atoms with Gasteiger partial charge in [0.1, 0.15) is 0 Å². The maximum Gasteiger partial charge on any atom is 0.407 e. The molecule has 0 aromatic heterocycles. The van der Waals surface area contributed by atoms with Gasteiger partial charge in [-0.3, -0.25) is 0 Å². The van der Waals surface area contributed by atoms with Crippen LogP contribution in [0.5, 0.6) is 0 Å². The molecule has 1 N–H and O–H groups in total. The molecule has 1 rings (SSSR count). The van der Waals surface area contributed by atoms with Crippen LogP contribution in [0.15, 0.2) is 22.7 Å². The Labute approximate surface area is 91.5 Å². The van der Waals surface area contributed by atoms with Gasteiger partial charge >= 0.3 is 6.09 Å². The fourth-order valence-corrected chi connectivity index (χ4v) is 1.54. The Morgan fingerprint density at radius 3 is 2.79 bits per heavy atom. The normalized spacial score (nSPS) is 9.93. The van der Waals surface area contributed by atoms with E-state index in [0.717, 1.165) is 15.6 Å². The molecule has 0 saturated heterocycles. The van der Waals surface area contributed by atoms with Crippen molar-refractivity contribution < 1.29 is 9.90 Å². The molecule has 0 atom stereocenters. The molecule has 1 amide bonds. The van der Waals surface area contributed by atoms with E-state index in [2.05, 4.69) is 15.9 Å². The standard InChI is InChI=1S/C10H12BrNO2/c1-7-3-4-9(11)5-8(7)6-12(2)10(13)14/h3-5H,6H2,1-2H3,(H,13,14). The van der Waals surface area contributed by atoms with Crippen LogP contribution < -0.4 is 0 Å². The van der Waals surface area contributed by atoms with Gasteiger partial charge in [-0.2, -0.15) is 0 Å². The van der Waals surface area contributed by atoms with E-state index in [0.29, 0.717) is 6.54 Å². The van der Waals surface area contributed by atoms with Gasteiger partial charge < -0.3 is 10.0 Å². The van der Waals surface area contributed by atoms with Gasteiger partial charge in [-0.25, -0.2) is 4.79 Å². The summed E-state index contributed by atoms with van der Waals surface area (Å²) >= 11 is 3.36. The number of benzene rings is 1. The number of hydrogen-bond donors (Lipinski definition) is 1. The summed E-state index contributed by atoms with van der Waals surface area (Å²) in [5.74, 6) is 0. The van der Waals surface area contributed by atoms with Crippen molar-refractivity contribution in [1.82, 2.24) is 4.90 Å². The summed E-state index contributed by atoms with van der Waals surface area (Å²) in [6.07, 6.45) is -0.913. The number of rotatable bonds is 2. The number of hydrogen-bond acceptors (Lipinski definition) is 1. The van der Waals surface area contributed by atoms with E-state index in [4.69, 9.17) is 5.11 Å². The molecule has 0 radical (unpaired) electrons. The second-order valence-corrected chi connectivity index (χ2v) is 4.13. The van der Waals surface area contributed by atoms with E-state index in [1.165, 1.54) is 4.90 Å². The molecule has 0 saturated carbocycles. The van der Waals surface area contributed by atoms with Crippen molar-refractivity contribution in [1.29, 1.82) is 0 Å². The fraction of sp³-hybridized carbons (Fsp3) is 0.300. The molecule has 4 heteroatoms. The summed E-state index contributed by atoms with van der Waals surface area (Å²) in [5.41, 5.74) is 2.12. The molecule has 0 heterocycles. The summed E-state index contributed by atoms with van der Waals surface area (Å²) in [6.45, 7) is 2.39. The van der Waals surface area contributed by atoms with Crippen molar-refractivity contribution in [3.63, 3.8) is 0 Å². The van der Waals surface area contributed by atoms with E-state index in [1.54, 1.807) is 7.05 Å². The van der Waals surface area contributed by atoms with Crippen LogP contribution in [-0.2, 0) is 6.54 Å². The third-order valence-electron chi connectivity index (χ3n) is 2.05. The van der Waals surface area contributed by atoms with Crippen LogP contribution in [0.4, 0.5) is 4.79 Å². The largest absolute Gasteiger partial charge is 0.465 e. The van der Waals surface area contributed by atoms with Gasteiger partial charge in [0.25, 0.3) is 0 Å². The molecule has 0 unspecified atom stereocenters. The Balaban J connectivity index is 2.85. The molecule has 1 aromatic carbocycles. The highest BCUT2D eigenvalue weighted by Crippen LogP contribution is 2.17. The first-order valence-electron chi connectivity index (χ1n) is 4.20. The Morgan fingerprint density at radius 1 is 1.57 bits per heavy atom. The Bertz CT molecular complexity index is 352. The summed E-state index contributed by atoms with van der Waals surface area (Å²) in [6, 6.07) is 5.85. The Hall–Kier alpha value is -1.03. The highest BCUT2D eigenvalue weighted by Gasteiger charge is 2.07. The highest BCUT2D eigenvalue weighted by molar-refractivity contribution is 9.10. The molecular formula is C10H12BrNO2. The summed E-state index contributed by atoms with van der Waals surface area (Å²) in [4.78, 5) is 11.9. The van der Waals surface area contributed by atoms with Crippen molar-refractivity contribution >= 4 is 22.0 Å². The lowest BCUT2D eigenvalue weighted by Gasteiger charge is -2.14. The molecule has 0 aliphatic carbocycles. The van der Waals surface area contributed by atoms with Crippen LogP contribution in [0.25, 0.3) is 0 Å². The third kappa shape index (κ3) is 2.73. The second kappa shape index (κ2) is 4.46. The molecule has 3 nitrogen and oxygen atoms in total. The summed E-state index contributed by atoms with van der Waals surface area (Å²) < 4.78 is 0.969. The molecule has 14 heavy (non-hydrogen) atoms. The van der Waals surface area contributed by atoms with Gasteiger partial charge in [0.2, 0.25) is 0 Å². The van der Waals surface area contributed by atoms with E-state index in [-0.39, 0.29) is 0 Å². The first kappa shape index (κ1) is 11.0. The van der Waals surface area contributed by atoms with Crippen molar-refractivity contribution in [2.75, 3.05) is 7.05 Å². The van der Waals surface area contributed by atoms with Gasteiger partial charge in [-0.1, -0.05) is 22.0 Å². The van der Waals surface area contributed by atoms with Crippen LogP contribution in [-0.4, -0.2) is 23.1 Å². The van der Waals surface area contributed by atoms with Gasteiger partial charge in [0, 0.05) is 18.1 Å². The van der Waals surface area contributed by atoms with Crippen molar-refractivity contribution in [3.05, 3.63) is 33.8 Å². The second-order valence-electron chi connectivity index (χ2n) is 3.21. The van der Waals surface area contributed by atoms with E-state index < -0.39 is 6.09 Å². The van der Waals surface area contributed by atoms with Crippen LogP contribution in [0.1, 0.15) is 11.1 Å². The predicted octanol–water partition coefficient (Wildman–Crippen LogP) is 2.87. The number of carboxylic acid groups (broad SMARTS) is 1. The minimum atomic E-state index is -0.913. The number of aryl methyl sites for hydroxylation is 1. The fourth-order valence-electron chi connectivity index (χ4n) is 1.13. The lowest BCUT2D eigenvalue weighted by molar-refractivity contribution is 0.153. The zero-order valence-electron chi connectivity index (χ0n) is 8.12. The lowest BCUT2D eigenvalue weighted by atomic mass is 10.1. The molecule has 0 bridgehead atoms. The first-order valence-corrected chi connectivity index (χ1v) is 4.99. The molecule has 76 valence electrons. The average Bonchev–Trinajstić information content (AvgIpc) is 2.11. The molecule has 1 aromatic rings. The van der Waals surface area contributed by atoms with Gasteiger partial charge in [-0.05, 0) is 30.2 Å². The number of halogens is 1. The van der Waals surface area contributed by atoms with Crippen molar-refractivity contribution in [2.45, 2.75) is 13.5 Å². The van der Waals surface area contributed by atoms with Crippen LogP contribution >= 0.6 is 15.9 Å². The predicted molar refractivity (Wildman–Crippen MR) is 58.4 cm³/mol. The van der Waals surface area contributed by atoms with Crippen LogP contribution in [0.3, 0.4) is 0 Å². The van der Waals surface area contributed by atoms with E-state index in [9.17, 15) is 4.79 Å². The van der Waals surface area contributed by atoms with E-state index >= 15 is 0 Å². The maximum atomic E-state index is 10.6. The minimum Gasteiger partial charge on any atom is -0.465 e. The first-order chi connectivity index (χ1) is 6.50. The summed E-state index contributed by atoms with van der Waals surface area (Å²) in [5, 5.41) is 8.72. The van der Waals surface area contributed by atoms with E-state index in [1.807, 2.05) is 25.1 Å². The quantitative estimate of drug-likeness (QED) is 0.886. The zero-order chi connectivity index (χ0) is 10.7. The van der Waals surface area contributed by atoms with Gasteiger partial charge in [0.05, 0.1) is 0 Å². The maximum absolute atomic E-state index is 10.6. The Morgan fingerprint density at radius 2 is 2.21 bits per heavy atom. The monoisotopic (exact) mass is 257 g/mol. The molecule has 0 aliphatic heterocycles. The van der Waals surface area contributed by atoms with Crippen molar-refractivity contribution in [3.8, 4) is 0 Å². The van der Waals surface area contributed by atoms with Crippen molar-refractivity contribution in [2.24, 2.45) is 0 Å². The molecule has 0 fully saturated rings. The lowest BCUT2D eigenvalue weighted by Crippen LogP contribution is -2.24. The highest BCUT2D eigenvalue weighted by atomic mass is 79.9. The average molecular weight is 258 g/mol. The smallest absolute Gasteiger partial charge is 0.407 e. The van der Waals surface area contributed by atoms with Crippen LogP contribution in [0, 0.1) is 6.92 Å². The van der Waals surface area contributed by atoms with Gasteiger partial charge in [0.15, 0.2) is 0 Å². The zero-order valence-corrected chi connectivity index (χ0v) is 9.71. The topological polar surface area (TPSA) is 40.5 Å². The van der Waals surface area contributed by atoms with Crippen LogP contribution in [0.2, 0.25) is 0 Å².